The molecule has 7 heteroatoms. The van der Waals surface area contributed by atoms with Crippen LogP contribution in [0, 0.1) is 11.8 Å². The van der Waals surface area contributed by atoms with Gasteiger partial charge in [0.1, 0.15) is 5.76 Å². The van der Waals surface area contributed by atoms with Crippen molar-refractivity contribution < 1.29 is 25.8 Å². The van der Waals surface area contributed by atoms with E-state index in [9.17, 15) is 21.6 Å². The lowest BCUT2D eigenvalue weighted by molar-refractivity contribution is -0.0524. The Bertz CT molecular complexity index is 396. The van der Waals surface area contributed by atoms with Crippen LogP contribution in [0.4, 0.5) is 13.2 Å². The Morgan fingerprint density at radius 3 is 2.60 bits per heavy atom. The van der Waals surface area contributed by atoms with E-state index in [0.717, 1.165) is 6.42 Å². The Kier molecular flexibility index (Phi) is 2.25. The van der Waals surface area contributed by atoms with Crippen molar-refractivity contribution in [1.82, 2.24) is 0 Å². The summed E-state index contributed by atoms with van der Waals surface area (Å²) in [5.74, 6) is 0.675. The van der Waals surface area contributed by atoms with Gasteiger partial charge in [0, 0.05) is 6.42 Å². The molecule has 0 aromatic rings. The summed E-state index contributed by atoms with van der Waals surface area (Å²) < 4.78 is 61.2. The number of hydrogen-bond donors (Lipinski definition) is 0. The normalized spacial score (nSPS) is 30.5. The molecule has 2 atom stereocenters. The van der Waals surface area contributed by atoms with Crippen molar-refractivity contribution in [3.63, 3.8) is 0 Å². The quantitative estimate of drug-likeness (QED) is 0.550. The molecule has 86 valence electrons. The summed E-state index contributed by atoms with van der Waals surface area (Å²) in [5, 5.41) is 0. The van der Waals surface area contributed by atoms with E-state index in [0.29, 0.717) is 12.3 Å². The molecular formula is C8H9F3O3S. The third kappa shape index (κ3) is 2.11. The lowest BCUT2D eigenvalue weighted by Gasteiger charge is -2.14. The van der Waals surface area contributed by atoms with Gasteiger partial charge in [0.25, 0.3) is 0 Å². The molecular weight excluding hydrogens is 233 g/mol. The molecule has 0 amide bonds. The standard InChI is InChI=1S/C8H9F3O3S/c9-8(10,11)15(12,13)14-7-2-1-5-3-6(5)4-7/h4-6H,1-3H2. The molecule has 0 heterocycles. The maximum Gasteiger partial charge on any atom is 0.534 e. The second-order valence-electron chi connectivity index (χ2n) is 3.81. The first kappa shape index (κ1) is 10.8. The molecule has 0 aromatic carbocycles. The minimum atomic E-state index is -5.47. The van der Waals surface area contributed by atoms with Crippen molar-refractivity contribution in [3.05, 3.63) is 11.8 Å². The predicted molar refractivity (Wildman–Crippen MR) is 45.0 cm³/mol. The highest BCUT2D eigenvalue weighted by Crippen LogP contribution is 2.48. The first-order valence-electron chi connectivity index (χ1n) is 4.51. The molecule has 0 N–H and O–H groups in total. The van der Waals surface area contributed by atoms with Crippen LogP contribution in [0.1, 0.15) is 19.3 Å². The molecule has 1 fully saturated rings. The Balaban J connectivity index is 2.09. The molecule has 2 aliphatic carbocycles. The van der Waals surface area contributed by atoms with Crippen LogP contribution in [0.15, 0.2) is 11.8 Å². The van der Waals surface area contributed by atoms with Crippen molar-refractivity contribution >= 4 is 10.1 Å². The SMILES string of the molecule is O=S(=O)(OC1=CC2CC2CC1)C(F)(F)F. The molecule has 0 bridgehead atoms. The average molecular weight is 242 g/mol. The Morgan fingerprint density at radius 2 is 2.07 bits per heavy atom. The molecule has 15 heavy (non-hydrogen) atoms. The van der Waals surface area contributed by atoms with Crippen LogP contribution in [-0.2, 0) is 14.3 Å². The predicted octanol–water partition coefficient (Wildman–Crippen LogP) is 2.17. The largest absolute Gasteiger partial charge is 0.534 e. The van der Waals surface area contributed by atoms with Gasteiger partial charge < -0.3 is 4.18 Å². The number of halogens is 3. The van der Waals surface area contributed by atoms with Gasteiger partial charge in [-0.25, -0.2) is 0 Å². The summed E-state index contributed by atoms with van der Waals surface area (Å²) in [5.41, 5.74) is -5.34. The van der Waals surface area contributed by atoms with Crippen LogP contribution in [0.5, 0.6) is 0 Å². The fourth-order valence-corrected chi connectivity index (χ4v) is 2.23. The Labute approximate surface area is 85.0 Å². The molecule has 2 unspecified atom stereocenters. The van der Waals surface area contributed by atoms with Crippen molar-refractivity contribution in [2.75, 3.05) is 0 Å². The van der Waals surface area contributed by atoms with Gasteiger partial charge in [-0.1, -0.05) is 0 Å². The molecule has 3 nitrogen and oxygen atoms in total. The summed E-state index contributed by atoms with van der Waals surface area (Å²) in [7, 11) is -5.47. The first-order valence-corrected chi connectivity index (χ1v) is 5.92. The molecule has 0 aliphatic heterocycles. The van der Waals surface area contributed by atoms with E-state index < -0.39 is 15.6 Å². The van der Waals surface area contributed by atoms with Gasteiger partial charge in [-0.15, -0.1) is 0 Å². The monoisotopic (exact) mass is 242 g/mol. The second kappa shape index (κ2) is 3.13. The third-order valence-electron chi connectivity index (χ3n) is 2.64. The zero-order valence-corrected chi connectivity index (χ0v) is 8.44. The van der Waals surface area contributed by atoms with Gasteiger partial charge in [-0.3, -0.25) is 0 Å². The minimum absolute atomic E-state index is 0.0638. The van der Waals surface area contributed by atoms with Crippen LogP contribution in [0.25, 0.3) is 0 Å². The van der Waals surface area contributed by atoms with Gasteiger partial charge in [-0.2, -0.15) is 21.6 Å². The second-order valence-corrected chi connectivity index (χ2v) is 5.35. The maximum atomic E-state index is 12.0. The smallest absolute Gasteiger partial charge is 0.381 e. The van der Waals surface area contributed by atoms with E-state index in [1.165, 1.54) is 6.08 Å². The Hall–Kier alpha value is -0.720. The van der Waals surface area contributed by atoms with Gasteiger partial charge >= 0.3 is 15.6 Å². The van der Waals surface area contributed by atoms with E-state index in [1.807, 2.05) is 0 Å². The fraction of sp³-hybridized carbons (Fsp3) is 0.750. The van der Waals surface area contributed by atoms with Crippen molar-refractivity contribution in [1.29, 1.82) is 0 Å². The van der Waals surface area contributed by atoms with Crippen LogP contribution >= 0.6 is 0 Å². The molecule has 0 spiro atoms. The zero-order valence-electron chi connectivity index (χ0n) is 7.62. The van der Waals surface area contributed by atoms with Crippen LogP contribution in [0.3, 0.4) is 0 Å². The molecule has 2 aliphatic rings. The first-order chi connectivity index (χ1) is 6.79. The summed E-state index contributed by atoms with van der Waals surface area (Å²) in [6.45, 7) is 0. The van der Waals surface area contributed by atoms with Crippen LogP contribution in [-0.4, -0.2) is 13.9 Å². The van der Waals surface area contributed by atoms with E-state index in [-0.39, 0.29) is 18.1 Å². The van der Waals surface area contributed by atoms with Gasteiger partial charge in [0.2, 0.25) is 0 Å². The molecule has 1 saturated carbocycles. The maximum absolute atomic E-state index is 12.0. The topological polar surface area (TPSA) is 43.4 Å². The highest BCUT2D eigenvalue weighted by Gasteiger charge is 2.49. The number of allylic oxidation sites excluding steroid dienone is 2. The number of rotatable bonds is 2. The van der Waals surface area contributed by atoms with Crippen LogP contribution < -0.4 is 0 Å². The summed E-state index contributed by atoms with van der Waals surface area (Å²) >= 11 is 0. The van der Waals surface area contributed by atoms with Crippen molar-refractivity contribution in [3.8, 4) is 0 Å². The lowest BCUT2D eigenvalue weighted by Crippen LogP contribution is -2.25. The Morgan fingerprint density at radius 1 is 1.40 bits per heavy atom. The average Bonchev–Trinajstić information content (AvgIpc) is 2.78. The van der Waals surface area contributed by atoms with E-state index in [4.69, 9.17) is 0 Å². The lowest BCUT2D eigenvalue weighted by atomic mass is 10.1. The molecule has 2 rings (SSSR count). The molecule has 0 radical (unpaired) electrons. The zero-order chi connectivity index (χ0) is 11.3. The fourth-order valence-electron chi connectivity index (χ4n) is 1.71. The summed E-state index contributed by atoms with van der Waals surface area (Å²) in [6.07, 6.45) is 3.41. The molecule has 0 saturated heterocycles. The van der Waals surface area contributed by atoms with Crippen molar-refractivity contribution in [2.45, 2.75) is 24.8 Å². The number of alkyl halides is 3. The van der Waals surface area contributed by atoms with E-state index in [2.05, 4.69) is 4.18 Å². The molecule has 0 aromatic heterocycles. The van der Waals surface area contributed by atoms with Crippen LogP contribution in [0.2, 0.25) is 0 Å². The number of fused-ring (bicyclic) bond motifs is 1. The summed E-state index contributed by atoms with van der Waals surface area (Å²) in [6, 6.07) is 0. The highest BCUT2D eigenvalue weighted by molar-refractivity contribution is 7.87. The van der Waals surface area contributed by atoms with Gasteiger partial charge in [-0.05, 0) is 30.8 Å². The van der Waals surface area contributed by atoms with E-state index in [1.54, 1.807) is 0 Å². The van der Waals surface area contributed by atoms with Gasteiger partial charge in [0.15, 0.2) is 0 Å². The summed E-state index contributed by atoms with van der Waals surface area (Å²) in [4.78, 5) is 0. The van der Waals surface area contributed by atoms with Gasteiger partial charge in [0.05, 0.1) is 0 Å². The highest BCUT2D eigenvalue weighted by atomic mass is 32.2. The minimum Gasteiger partial charge on any atom is -0.381 e. The number of hydrogen-bond acceptors (Lipinski definition) is 3. The van der Waals surface area contributed by atoms with Crippen molar-refractivity contribution in [2.24, 2.45) is 11.8 Å². The third-order valence-corrected chi connectivity index (χ3v) is 3.64. The van der Waals surface area contributed by atoms with E-state index >= 15 is 0 Å².